The van der Waals surface area contributed by atoms with Crippen molar-refractivity contribution in [1.29, 1.82) is 0 Å². The van der Waals surface area contributed by atoms with Gasteiger partial charge < -0.3 is 5.32 Å². The molecule has 0 radical (unpaired) electrons. The van der Waals surface area contributed by atoms with Crippen LogP contribution in [0.3, 0.4) is 0 Å². The number of aromatic nitrogens is 2. The van der Waals surface area contributed by atoms with Crippen LogP contribution in [0.15, 0.2) is 41.4 Å². The van der Waals surface area contributed by atoms with Crippen molar-refractivity contribution in [2.24, 2.45) is 0 Å². The molecule has 1 amide bonds. The Morgan fingerprint density at radius 1 is 1.50 bits per heavy atom. The van der Waals surface area contributed by atoms with E-state index in [1.807, 2.05) is 0 Å². The van der Waals surface area contributed by atoms with Crippen molar-refractivity contribution in [3.05, 3.63) is 47.2 Å². The molecule has 2 rings (SSSR count). The summed E-state index contributed by atoms with van der Waals surface area (Å²) >= 11 is 3.22. The molecule has 1 N–H and O–H groups in total. The lowest BCUT2D eigenvalue weighted by Gasteiger charge is -2.07. The minimum absolute atomic E-state index is 0.374. The van der Waals surface area contributed by atoms with Crippen molar-refractivity contribution in [2.75, 3.05) is 5.32 Å². The second kappa shape index (κ2) is 4.44. The van der Waals surface area contributed by atoms with E-state index >= 15 is 0 Å². The van der Waals surface area contributed by atoms with Crippen LogP contribution in [0.2, 0.25) is 0 Å². The molecular weight excluding hydrogens is 277 g/mol. The Morgan fingerprint density at radius 2 is 2.31 bits per heavy atom. The molecule has 16 heavy (non-hydrogen) atoms. The molecule has 0 unspecified atom stereocenters. The molecule has 2 aromatic rings. The molecule has 1 heterocycles. The fraction of sp³-hybridized carbons (Fsp3) is 0. The second-order valence-electron chi connectivity index (χ2n) is 3.02. The van der Waals surface area contributed by atoms with Gasteiger partial charge in [-0.05, 0) is 34.1 Å². The average Bonchev–Trinajstić information content (AvgIpc) is 2.76. The van der Waals surface area contributed by atoms with Crippen LogP contribution in [0, 0.1) is 5.82 Å². The van der Waals surface area contributed by atoms with E-state index in [1.54, 1.807) is 0 Å². The van der Waals surface area contributed by atoms with E-state index < -0.39 is 11.8 Å². The Balaban J connectivity index is 2.21. The molecule has 1 aromatic heterocycles. The number of nitrogens with one attached hydrogen (secondary N) is 1. The first-order chi connectivity index (χ1) is 7.66. The molecule has 6 heteroatoms. The molecule has 0 atom stereocenters. The highest BCUT2D eigenvalue weighted by Gasteiger charge is 2.07. The van der Waals surface area contributed by atoms with E-state index in [1.165, 1.54) is 41.5 Å². The zero-order valence-corrected chi connectivity index (χ0v) is 9.61. The zero-order chi connectivity index (χ0) is 11.5. The van der Waals surface area contributed by atoms with Gasteiger partial charge in [-0.15, -0.1) is 0 Å². The maximum absolute atomic E-state index is 12.9. The van der Waals surface area contributed by atoms with E-state index in [0.29, 0.717) is 10.2 Å². The van der Waals surface area contributed by atoms with E-state index in [0.717, 1.165) is 0 Å². The summed E-state index contributed by atoms with van der Waals surface area (Å²) in [5.74, 6) is -0.413. The average molecular weight is 284 g/mol. The first-order valence-corrected chi connectivity index (χ1v) is 5.20. The first-order valence-electron chi connectivity index (χ1n) is 4.41. The molecule has 4 nitrogen and oxygen atoms in total. The number of hydrogen-bond acceptors (Lipinski definition) is 2. The van der Waals surface area contributed by atoms with Gasteiger partial charge in [-0.3, -0.25) is 4.57 Å². The van der Waals surface area contributed by atoms with Crippen LogP contribution in [0.4, 0.5) is 14.9 Å². The third kappa shape index (κ3) is 2.27. The van der Waals surface area contributed by atoms with Crippen LogP contribution < -0.4 is 5.32 Å². The lowest BCUT2D eigenvalue weighted by Crippen LogP contribution is -2.18. The van der Waals surface area contributed by atoms with Gasteiger partial charge in [0, 0.05) is 16.9 Å². The van der Waals surface area contributed by atoms with Crippen molar-refractivity contribution in [3.8, 4) is 0 Å². The number of imidazole rings is 1. The number of carbonyl (C=O) groups is 1. The Hall–Kier alpha value is -1.69. The predicted molar refractivity (Wildman–Crippen MR) is 60.7 cm³/mol. The van der Waals surface area contributed by atoms with Crippen LogP contribution in [0.25, 0.3) is 0 Å². The summed E-state index contributed by atoms with van der Waals surface area (Å²) in [6, 6.07) is 3.66. The van der Waals surface area contributed by atoms with Crippen LogP contribution >= 0.6 is 15.9 Å². The number of halogens is 2. The summed E-state index contributed by atoms with van der Waals surface area (Å²) in [6.45, 7) is 0. The number of carbonyl (C=O) groups excluding carboxylic acids is 1. The molecule has 0 aliphatic carbocycles. The molecule has 1 aromatic carbocycles. The standard InChI is InChI=1S/C10H7BrFN3O/c11-8-2-1-7(12)5-9(8)14-10(16)15-4-3-13-6-15/h1-6H,(H,14,16). The highest BCUT2D eigenvalue weighted by molar-refractivity contribution is 9.10. The molecular formula is C10H7BrFN3O. The molecule has 0 aliphatic rings. The van der Waals surface area contributed by atoms with E-state index in [-0.39, 0.29) is 0 Å². The first kappa shape index (κ1) is 10.8. The molecule has 0 saturated heterocycles. The van der Waals surface area contributed by atoms with Crippen molar-refractivity contribution >= 4 is 27.6 Å². The highest BCUT2D eigenvalue weighted by Crippen LogP contribution is 2.23. The fourth-order valence-electron chi connectivity index (χ4n) is 1.15. The number of nitrogens with zero attached hydrogens (tertiary/aromatic N) is 2. The molecule has 0 fully saturated rings. The summed E-state index contributed by atoms with van der Waals surface area (Å²) in [6.07, 6.45) is 4.35. The molecule has 82 valence electrons. The summed E-state index contributed by atoms with van der Waals surface area (Å²) in [7, 11) is 0. The third-order valence-electron chi connectivity index (χ3n) is 1.91. The van der Waals surface area contributed by atoms with E-state index in [2.05, 4.69) is 26.2 Å². The van der Waals surface area contributed by atoms with Gasteiger partial charge in [0.25, 0.3) is 0 Å². The van der Waals surface area contributed by atoms with Gasteiger partial charge in [0.1, 0.15) is 12.1 Å². The van der Waals surface area contributed by atoms with Crippen LogP contribution in [0.5, 0.6) is 0 Å². The molecule has 0 saturated carbocycles. The minimum Gasteiger partial charge on any atom is -0.306 e. The third-order valence-corrected chi connectivity index (χ3v) is 2.60. The maximum Gasteiger partial charge on any atom is 0.331 e. The van der Waals surface area contributed by atoms with Crippen LogP contribution in [-0.2, 0) is 0 Å². The smallest absolute Gasteiger partial charge is 0.306 e. The largest absolute Gasteiger partial charge is 0.331 e. The predicted octanol–water partition coefficient (Wildman–Crippen LogP) is 2.86. The van der Waals surface area contributed by atoms with Gasteiger partial charge in [0.05, 0.1) is 5.69 Å². The molecule has 0 spiro atoms. The Bertz CT molecular complexity index is 513. The van der Waals surface area contributed by atoms with Crippen molar-refractivity contribution < 1.29 is 9.18 Å². The monoisotopic (exact) mass is 283 g/mol. The van der Waals surface area contributed by atoms with Crippen molar-refractivity contribution in [1.82, 2.24) is 9.55 Å². The Morgan fingerprint density at radius 3 is 3.00 bits per heavy atom. The summed E-state index contributed by atoms with van der Waals surface area (Å²) in [5, 5.41) is 2.55. The lowest BCUT2D eigenvalue weighted by atomic mass is 10.3. The Kier molecular flexibility index (Phi) is 3.00. The van der Waals surface area contributed by atoms with Crippen molar-refractivity contribution in [3.63, 3.8) is 0 Å². The van der Waals surface area contributed by atoms with Gasteiger partial charge in [-0.2, -0.15) is 0 Å². The van der Waals surface area contributed by atoms with Crippen LogP contribution in [-0.4, -0.2) is 15.6 Å². The van der Waals surface area contributed by atoms with Gasteiger partial charge in [0.2, 0.25) is 0 Å². The maximum atomic E-state index is 12.9. The Labute approximate surface area is 99.2 Å². The minimum atomic E-state index is -0.413. The number of benzene rings is 1. The van der Waals surface area contributed by atoms with Gasteiger partial charge in [0.15, 0.2) is 0 Å². The van der Waals surface area contributed by atoms with E-state index in [4.69, 9.17) is 0 Å². The van der Waals surface area contributed by atoms with Gasteiger partial charge in [-0.1, -0.05) is 0 Å². The summed E-state index contributed by atoms with van der Waals surface area (Å²) in [4.78, 5) is 15.3. The number of anilines is 1. The lowest BCUT2D eigenvalue weighted by molar-refractivity contribution is 0.253. The SMILES string of the molecule is O=C(Nc1cc(F)ccc1Br)n1ccnc1. The summed E-state index contributed by atoms with van der Waals surface area (Å²) < 4.78 is 14.8. The normalized spacial score (nSPS) is 10.1. The highest BCUT2D eigenvalue weighted by atomic mass is 79.9. The van der Waals surface area contributed by atoms with Gasteiger partial charge >= 0.3 is 6.03 Å². The van der Waals surface area contributed by atoms with Crippen LogP contribution in [0.1, 0.15) is 0 Å². The molecule has 0 aliphatic heterocycles. The van der Waals surface area contributed by atoms with Gasteiger partial charge in [-0.25, -0.2) is 14.2 Å². The quantitative estimate of drug-likeness (QED) is 0.875. The number of amides is 1. The molecule has 0 bridgehead atoms. The summed E-state index contributed by atoms with van der Waals surface area (Å²) in [5.41, 5.74) is 0.374. The van der Waals surface area contributed by atoms with E-state index in [9.17, 15) is 9.18 Å². The topological polar surface area (TPSA) is 46.9 Å². The number of rotatable bonds is 1. The fourth-order valence-corrected chi connectivity index (χ4v) is 1.50. The van der Waals surface area contributed by atoms with Crippen molar-refractivity contribution in [2.45, 2.75) is 0 Å². The zero-order valence-electron chi connectivity index (χ0n) is 8.02. The number of hydrogen-bond donors (Lipinski definition) is 1. The second-order valence-corrected chi connectivity index (χ2v) is 3.88.